The van der Waals surface area contributed by atoms with Crippen LogP contribution in [0.2, 0.25) is 0 Å². The molecule has 1 N–H and O–H groups in total. The minimum absolute atomic E-state index is 0.443. The molecular weight excluding hydrogens is 186 g/mol. The van der Waals surface area contributed by atoms with Crippen molar-refractivity contribution in [3.8, 4) is 0 Å². The molecule has 0 aliphatic heterocycles. The molecule has 2 nitrogen and oxygen atoms in total. The Kier molecular flexibility index (Phi) is 10.4. The summed E-state index contributed by atoms with van der Waals surface area (Å²) in [5, 5.41) is 3.44. The van der Waals surface area contributed by atoms with E-state index in [0.29, 0.717) is 6.10 Å². The van der Waals surface area contributed by atoms with Crippen molar-refractivity contribution in [1.82, 2.24) is 5.32 Å². The summed E-state index contributed by atoms with van der Waals surface area (Å²) in [5.74, 6) is 0.755. The van der Waals surface area contributed by atoms with Gasteiger partial charge in [-0.15, -0.1) is 0 Å². The van der Waals surface area contributed by atoms with E-state index in [1.165, 1.54) is 25.7 Å². The molecule has 1 atom stereocenters. The second kappa shape index (κ2) is 10.4. The smallest absolute Gasteiger partial charge is 0.0546 e. The van der Waals surface area contributed by atoms with Crippen molar-refractivity contribution in [2.45, 2.75) is 59.5 Å². The first-order valence-corrected chi connectivity index (χ1v) is 6.49. The monoisotopic (exact) mass is 215 g/mol. The summed E-state index contributed by atoms with van der Waals surface area (Å²) in [4.78, 5) is 0. The largest absolute Gasteiger partial charge is 0.379 e. The lowest BCUT2D eigenvalue weighted by Crippen LogP contribution is -2.21. The van der Waals surface area contributed by atoms with Crippen molar-refractivity contribution in [2.24, 2.45) is 5.92 Å². The average molecular weight is 215 g/mol. The van der Waals surface area contributed by atoms with E-state index >= 15 is 0 Å². The Balaban J connectivity index is 3.04. The van der Waals surface area contributed by atoms with Crippen molar-refractivity contribution >= 4 is 0 Å². The summed E-state index contributed by atoms with van der Waals surface area (Å²) in [6.07, 6.45) is 5.26. The summed E-state index contributed by atoms with van der Waals surface area (Å²) in [5.41, 5.74) is 0. The molecule has 92 valence electrons. The van der Waals surface area contributed by atoms with Crippen molar-refractivity contribution in [3.05, 3.63) is 0 Å². The number of nitrogens with one attached hydrogen (secondary N) is 1. The number of hydrogen-bond donors (Lipinski definition) is 1. The zero-order chi connectivity index (χ0) is 11.5. The zero-order valence-electron chi connectivity index (χ0n) is 11.0. The molecule has 0 rings (SSSR count). The molecule has 0 aromatic carbocycles. The quantitative estimate of drug-likeness (QED) is 0.565. The van der Waals surface area contributed by atoms with E-state index in [1.807, 2.05) is 0 Å². The van der Waals surface area contributed by atoms with Crippen LogP contribution in [0.1, 0.15) is 53.4 Å². The SMILES string of the molecule is CCCC(C)OCCCCNCC(C)C. The van der Waals surface area contributed by atoms with Gasteiger partial charge >= 0.3 is 0 Å². The van der Waals surface area contributed by atoms with Gasteiger partial charge in [-0.05, 0) is 45.2 Å². The van der Waals surface area contributed by atoms with Gasteiger partial charge in [-0.25, -0.2) is 0 Å². The molecule has 0 saturated heterocycles. The van der Waals surface area contributed by atoms with Gasteiger partial charge in [-0.3, -0.25) is 0 Å². The van der Waals surface area contributed by atoms with E-state index in [9.17, 15) is 0 Å². The van der Waals surface area contributed by atoms with Crippen LogP contribution in [0.25, 0.3) is 0 Å². The van der Waals surface area contributed by atoms with Gasteiger partial charge in [0.1, 0.15) is 0 Å². The van der Waals surface area contributed by atoms with Crippen LogP contribution in [0.3, 0.4) is 0 Å². The molecule has 2 heteroatoms. The van der Waals surface area contributed by atoms with Crippen molar-refractivity contribution in [1.29, 1.82) is 0 Å². The number of unbranched alkanes of at least 4 members (excludes halogenated alkanes) is 1. The minimum atomic E-state index is 0.443. The predicted octanol–water partition coefficient (Wildman–Crippen LogP) is 3.22. The Morgan fingerprint density at radius 2 is 1.87 bits per heavy atom. The summed E-state index contributed by atoms with van der Waals surface area (Å²) in [6, 6.07) is 0. The lowest BCUT2D eigenvalue weighted by atomic mass is 10.2. The van der Waals surface area contributed by atoms with Crippen LogP contribution in [-0.4, -0.2) is 25.8 Å². The maximum absolute atomic E-state index is 5.68. The van der Waals surface area contributed by atoms with Crippen LogP contribution in [0.15, 0.2) is 0 Å². The molecular formula is C13H29NO. The topological polar surface area (TPSA) is 21.3 Å². The van der Waals surface area contributed by atoms with Crippen LogP contribution in [0, 0.1) is 5.92 Å². The highest BCUT2D eigenvalue weighted by Crippen LogP contribution is 2.01. The Morgan fingerprint density at radius 3 is 2.47 bits per heavy atom. The standard InChI is InChI=1S/C13H29NO/c1-5-8-13(4)15-10-7-6-9-14-11-12(2)3/h12-14H,5-11H2,1-4H3. The first-order chi connectivity index (χ1) is 7.16. The lowest BCUT2D eigenvalue weighted by Gasteiger charge is -2.12. The molecule has 0 bridgehead atoms. The average Bonchev–Trinajstić information content (AvgIpc) is 2.16. The van der Waals surface area contributed by atoms with Crippen LogP contribution in [0.5, 0.6) is 0 Å². The molecule has 0 aliphatic rings. The fourth-order valence-electron chi connectivity index (χ4n) is 1.52. The van der Waals surface area contributed by atoms with Crippen molar-refractivity contribution in [2.75, 3.05) is 19.7 Å². The first-order valence-electron chi connectivity index (χ1n) is 6.49. The van der Waals surface area contributed by atoms with Gasteiger partial charge in [0, 0.05) is 6.61 Å². The third-order valence-electron chi connectivity index (χ3n) is 2.40. The maximum Gasteiger partial charge on any atom is 0.0546 e. The molecule has 0 heterocycles. The van der Waals surface area contributed by atoms with E-state index < -0.39 is 0 Å². The summed E-state index contributed by atoms with van der Waals surface area (Å²) in [7, 11) is 0. The normalized spacial score (nSPS) is 13.4. The number of rotatable bonds is 10. The third kappa shape index (κ3) is 11.8. The Bertz CT molecular complexity index is 126. The fraction of sp³-hybridized carbons (Fsp3) is 1.00. The molecule has 0 aromatic rings. The highest BCUT2D eigenvalue weighted by molar-refractivity contribution is 4.52. The van der Waals surface area contributed by atoms with Gasteiger partial charge in [0.25, 0.3) is 0 Å². The molecule has 0 aromatic heterocycles. The second-order valence-corrected chi connectivity index (χ2v) is 4.78. The van der Waals surface area contributed by atoms with E-state index in [1.54, 1.807) is 0 Å². The zero-order valence-corrected chi connectivity index (χ0v) is 11.0. The van der Waals surface area contributed by atoms with Gasteiger partial charge in [0.2, 0.25) is 0 Å². The predicted molar refractivity (Wildman–Crippen MR) is 67.3 cm³/mol. The third-order valence-corrected chi connectivity index (χ3v) is 2.40. The highest BCUT2D eigenvalue weighted by Gasteiger charge is 1.99. The molecule has 0 amide bonds. The molecule has 0 spiro atoms. The van der Waals surface area contributed by atoms with Crippen LogP contribution in [0.4, 0.5) is 0 Å². The first kappa shape index (κ1) is 14.9. The van der Waals surface area contributed by atoms with Crippen molar-refractivity contribution in [3.63, 3.8) is 0 Å². The van der Waals surface area contributed by atoms with Gasteiger partial charge in [-0.2, -0.15) is 0 Å². The maximum atomic E-state index is 5.68. The van der Waals surface area contributed by atoms with E-state index in [-0.39, 0.29) is 0 Å². The molecule has 0 saturated carbocycles. The van der Waals surface area contributed by atoms with Crippen LogP contribution >= 0.6 is 0 Å². The van der Waals surface area contributed by atoms with Gasteiger partial charge in [0.15, 0.2) is 0 Å². The van der Waals surface area contributed by atoms with Crippen LogP contribution in [-0.2, 0) is 4.74 Å². The Hall–Kier alpha value is -0.0800. The number of hydrogen-bond acceptors (Lipinski definition) is 2. The fourth-order valence-corrected chi connectivity index (χ4v) is 1.52. The highest BCUT2D eigenvalue weighted by atomic mass is 16.5. The van der Waals surface area contributed by atoms with Crippen LogP contribution < -0.4 is 5.32 Å². The lowest BCUT2D eigenvalue weighted by molar-refractivity contribution is 0.0573. The van der Waals surface area contributed by atoms with Gasteiger partial charge < -0.3 is 10.1 Å². The molecule has 1 unspecified atom stereocenters. The van der Waals surface area contributed by atoms with E-state index in [0.717, 1.165) is 25.6 Å². The molecule has 15 heavy (non-hydrogen) atoms. The second-order valence-electron chi connectivity index (χ2n) is 4.78. The van der Waals surface area contributed by atoms with Gasteiger partial charge in [-0.1, -0.05) is 27.2 Å². The summed E-state index contributed by atoms with van der Waals surface area (Å²) >= 11 is 0. The minimum Gasteiger partial charge on any atom is -0.379 e. The van der Waals surface area contributed by atoms with Gasteiger partial charge in [0.05, 0.1) is 6.10 Å². The molecule has 0 fully saturated rings. The van der Waals surface area contributed by atoms with Crippen molar-refractivity contribution < 1.29 is 4.74 Å². The Morgan fingerprint density at radius 1 is 1.13 bits per heavy atom. The summed E-state index contributed by atoms with van der Waals surface area (Å²) in [6.45, 7) is 12.0. The summed E-state index contributed by atoms with van der Waals surface area (Å²) < 4.78 is 5.68. The molecule has 0 radical (unpaired) electrons. The van der Waals surface area contributed by atoms with E-state index in [4.69, 9.17) is 4.74 Å². The molecule has 0 aliphatic carbocycles. The Labute approximate surface area is 95.8 Å². The van der Waals surface area contributed by atoms with E-state index in [2.05, 4.69) is 33.0 Å². The number of ether oxygens (including phenoxy) is 1.